The van der Waals surface area contributed by atoms with E-state index < -0.39 is 15.9 Å². The molecule has 33 heavy (non-hydrogen) atoms. The molecule has 6 rings (SSSR count). The van der Waals surface area contributed by atoms with Crippen LogP contribution in [0.15, 0.2) is 21.5 Å². The molecule has 2 aliphatic heterocycles. The molecule has 3 heterocycles. The predicted molar refractivity (Wildman–Crippen MR) is 125 cm³/mol. The summed E-state index contributed by atoms with van der Waals surface area (Å²) in [5.41, 5.74) is 5.87. The number of nitrogens with one attached hydrogen (secondary N) is 1. The van der Waals surface area contributed by atoms with E-state index in [1.165, 1.54) is 34.9 Å². The van der Waals surface area contributed by atoms with E-state index in [1.54, 1.807) is 4.68 Å². The molecule has 2 amide bonds. The Balaban J connectivity index is 1.28. The lowest BCUT2D eigenvalue weighted by Crippen LogP contribution is -2.51. The average Bonchev–Trinajstić information content (AvgIpc) is 3.44. The molecule has 1 saturated heterocycles. The van der Waals surface area contributed by atoms with Gasteiger partial charge in [-0.25, -0.2) is 18.8 Å². The second-order valence-electron chi connectivity index (χ2n) is 9.70. The molecule has 3 atom stereocenters. The molecule has 1 aromatic carbocycles. The standard InChI is InChI=1S/C23H30N6O3S/c1-14-6-7-16-10-15-4-2-5-18(15)21(20(14)16)26-23(30)27-33(24,31)19-11-25-29-12-17(13-32-22(19)29)28-8-3-9-28/h10-11,14,17H,2-9,12-13H2,1H3,(H3,24,26,27,30,31)/t14-,17+,33-/m1/s1. The van der Waals surface area contributed by atoms with Crippen molar-refractivity contribution in [3.63, 3.8) is 0 Å². The summed E-state index contributed by atoms with van der Waals surface area (Å²) in [4.78, 5) is 15.5. The second-order valence-corrected chi connectivity index (χ2v) is 11.5. The van der Waals surface area contributed by atoms with Crippen LogP contribution in [0.4, 0.5) is 10.5 Å². The average molecular weight is 471 g/mol. The molecule has 1 aromatic heterocycles. The number of urea groups is 1. The SMILES string of the molecule is C[C@@H]1CCc2cc3c(c(NC(=O)N=[S@@](N)(=O)c4cnn5c4OC[C@@H](N4CCC4)C5)c21)CCC3. The van der Waals surface area contributed by atoms with Gasteiger partial charge in [0, 0.05) is 5.69 Å². The molecule has 0 unspecified atom stereocenters. The Morgan fingerprint density at radius 2 is 2.12 bits per heavy atom. The Kier molecular flexibility index (Phi) is 5.00. The number of rotatable bonds is 3. The van der Waals surface area contributed by atoms with Crippen molar-refractivity contribution >= 4 is 21.6 Å². The molecule has 10 heteroatoms. The monoisotopic (exact) mass is 470 g/mol. The number of amides is 2. The van der Waals surface area contributed by atoms with Gasteiger partial charge < -0.3 is 10.1 Å². The van der Waals surface area contributed by atoms with E-state index in [0.717, 1.165) is 50.9 Å². The van der Waals surface area contributed by atoms with Crippen molar-refractivity contribution in [1.29, 1.82) is 0 Å². The number of fused-ring (bicyclic) bond motifs is 3. The zero-order valence-electron chi connectivity index (χ0n) is 18.9. The highest BCUT2D eigenvalue weighted by Crippen LogP contribution is 2.44. The van der Waals surface area contributed by atoms with Gasteiger partial charge >= 0.3 is 6.03 Å². The first kappa shape index (κ1) is 21.1. The quantitative estimate of drug-likeness (QED) is 0.716. The number of hydrogen-bond acceptors (Lipinski definition) is 5. The summed E-state index contributed by atoms with van der Waals surface area (Å²) in [6.07, 6.45) is 7.77. The number of nitrogens with two attached hydrogens (primary N) is 1. The maximum absolute atomic E-state index is 13.3. The number of aromatic nitrogens is 2. The molecule has 2 aliphatic carbocycles. The first-order valence-electron chi connectivity index (χ1n) is 11.9. The van der Waals surface area contributed by atoms with E-state index in [4.69, 9.17) is 9.88 Å². The Hall–Kier alpha value is -2.43. The molecular formula is C23H30N6O3S. The van der Waals surface area contributed by atoms with Crippen LogP contribution in [0.2, 0.25) is 0 Å². The highest BCUT2D eigenvalue weighted by Gasteiger charge is 2.33. The molecule has 1 fully saturated rings. The number of aryl methyl sites for hydroxylation is 2. The van der Waals surface area contributed by atoms with E-state index >= 15 is 0 Å². The molecule has 9 nitrogen and oxygen atoms in total. The zero-order chi connectivity index (χ0) is 22.7. The van der Waals surface area contributed by atoms with Crippen molar-refractivity contribution < 1.29 is 13.7 Å². The summed E-state index contributed by atoms with van der Waals surface area (Å²) in [6, 6.07) is 1.87. The van der Waals surface area contributed by atoms with Gasteiger partial charge in [-0.15, -0.1) is 4.36 Å². The van der Waals surface area contributed by atoms with Crippen LogP contribution in [0.5, 0.6) is 5.88 Å². The van der Waals surface area contributed by atoms with Crippen LogP contribution in [0.3, 0.4) is 0 Å². The zero-order valence-corrected chi connectivity index (χ0v) is 19.7. The minimum absolute atomic E-state index is 0.177. The number of anilines is 1. The number of hydrogen-bond donors (Lipinski definition) is 2. The van der Waals surface area contributed by atoms with E-state index in [9.17, 15) is 9.00 Å². The topological polar surface area (TPSA) is 115 Å². The van der Waals surface area contributed by atoms with Crippen LogP contribution in [0.1, 0.15) is 54.4 Å². The third-order valence-corrected chi connectivity index (χ3v) is 8.94. The van der Waals surface area contributed by atoms with Crippen molar-refractivity contribution in [3.8, 4) is 5.88 Å². The highest BCUT2D eigenvalue weighted by atomic mass is 32.2. The van der Waals surface area contributed by atoms with E-state index in [0.29, 0.717) is 24.9 Å². The maximum Gasteiger partial charge on any atom is 0.354 e. The van der Waals surface area contributed by atoms with Crippen LogP contribution in [-0.4, -0.2) is 50.7 Å². The molecule has 2 aromatic rings. The molecule has 0 saturated carbocycles. The van der Waals surface area contributed by atoms with Gasteiger partial charge in [-0.1, -0.05) is 13.0 Å². The smallest absolute Gasteiger partial charge is 0.354 e. The molecule has 176 valence electrons. The normalized spacial score (nSPS) is 25.3. The number of nitrogens with zero attached hydrogens (tertiary/aromatic N) is 4. The lowest BCUT2D eigenvalue weighted by atomic mass is 9.95. The third kappa shape index (κ3) is 3.55. The maximum atomic E-state index is 13.3. The summed E-state index contributed by atoms with van der Waals surface area (Å²) in [5.74, 6) is 0.727. The van der Waals surface area contributed by atoms with E-state index in [1.807, 2.05) is 0 Å². The van der Waals surface area contributed by atoms with Gasteiger partial charge in [0.15, 0.2) is 9.92 Å². The highest BCUT2D eigenvalue weighted by molar-refractivity contribution is 7.91. The first-order valence-corrected chi connectivity index (χ1v) is 13.4. The number of benzene rings is 1. The number of ether oxygens (including phenoxy) is 1. The van der Waals surface area contributed by atoms with Gasteiger partial charge in [-0.3, -0.25) is 4.90 Å². The van der Waals surface area contributed by atoms with Crippen LogP contribution in [0, 0.1) is 0 Å². The molecular weight excluding hydrogens is 440 g/mol. The van der Waals surface area contributed by atoms with Crippen LogP contribution in [0.25, 0.3) is 0 Å². The fourth-order valence-electron chi connectivity index (χ4n) is 5.74. The Morgan fingerprint density at radius 1 is 1.27 bits per heavy atom. The molecule has 4 aliphatic rings. The lowest BCUT2D eigenvalue weighted by molar-refractivity contribution is 0.0417. The second kappa shape index (κ2) is 7.82. The van der Waals surface area contributed by atoms with Gasteiger partial charge in [0.2, 0.25) is 5.88 Å². The summed E-state index contributed by atoms with van der Waals surface area (Å²) in [5, 5.41) is 13.4. The summed E-state index contributed by atoms with van der Waals surface area (Å²) < 4.78 is 24.8. The first-order chi connectivity index (χ1) is 15.9. The van der Waals surface area contributed by atoms with Gasteiger partial charge in [-0.2, -0.15) is 5.10 Å². The van der Waals surface area contributed by atoms with Crippen molar-refractivity contribution in [2.24, 2.45) is 9.50 Å². The Labute approximate surface area is 194 Å². The minimum atomic E-state index is -3.51. The predicted octanol–water partition coefficient (Wildman–Crippen LogP) is 2.82. The summed E-state index contributed by atoms with van der Waals surface area (Å²) in [6.45, 7) is 5.45. The van der Waals surface area contributed by atoms with Crippen molar-refractivity contribution in [1.82, 2.24) is 14.7 Å². The number of carbonyl (C=O) groups is 1. The van der Waals surface area contributed by atoms with Crippen LogP contribution >= 0.6 is 0 Å². The van der Waals surface area contributed by atoms with Crippen LogP contribution in [-0.2, 0) is 35.7 Å². The Bertz CT molecular complexity index is 1260. The van der Waals surface area contributed by atoms with Crippen molar-refractivity contribution in [3.05, 3.63) is 34.5 Å². The van der Waals surface area contributed by atoms with E-state index in [2.05, 4.69) is 32.7 Å². The largest absolute Gasteiger partial charge is 0.475 e. The van der Waals surface area contributed by atoms with E-state index in [-0.39, 0.29) is 10.9 Å². The van der Waals surface area contributed by atoms with Crippen molar-refractivity contribution in [2.75, 3.05) is 25.0 Å². The Morgan fingerprint density at radius 3 is 2.91 bits per heavy atom. The minimum Gasteiger partial charge on any atom is -0.475 e. The third-order valence-electron chi connectivity index (χ3n) is 7.59. The van der Waals surface area contributed by atoms with Gasteiger partial charge in [0.05, 0.1) is 18.8 Å². The summed E-state index contributed by atoms with van der Waals surface area (Å²) >= 11 is 0. The van der Waals surface area contributed by atoms with Crippen molar-refractivity contribution in [2.45, 2.75) is 68.8 Å². The number of likely N-dealkylation sites (tertiary alicyclic amines) is 1. The fraction of sp³-hybridized carbons (Fsp3) is 0.565. The fourth-order valence-corrected chi connectivity index (χ4v) is 6.74. The van der Waals surface area contributed by atoms with Crippen LogP contribution < -0.4 is 15.2 Å². The summed E-state index contributed by atoms with van der Waals surface area (Å²) in [7, 11) is -3.51. The molecule has 0 spiro atoms. The molecule has 3 N–H and O–H groups in total. The van der Waals surface area contributed by atoms with Gasteiger partial charge in [0.25, 0.3) is 0 Å². The van der Waals surface area contributed by atoms with Gasteiger partial charge in [0.1, 0.15) is 11.5 Å². The lowest BCUT2D eigenvalue weighted by Gasteiger charge is -2.40. The molecule has 0 radical (unpaired) electrons. The number of carbonyl (C=O) groups excluding carboxylic acids is 1. The van der Waals surface area contributed by atoms with Gasteiger partial charge in [-0.05, 0) is 79.8 Å². The molecule has 0 bridgehead atoms.